The summed E-state index contributed by atoms with van der Waals surface area (Å²) in [6.07, 6.45) is 2.92. The van der Waals surface area contributed by atoms with Crippen LogP contribution in [-0.4, -0.2) is 80.6 Å². The van der Waals surface area contributed by atoms with Crippen LogP contribution in [0.25, 0.3) is 0 Å². The smallest absolute Gasteiger partial charge is 0.410 e. The van der Waals surface area contributed by atoms with Gasteiger partial charge < -0.3 is 28.7 Å². The Morgan fingerprint density at radius 1 is 1.36 bits per heavy atom. The maximum Gasteiger partial charge on any atom is 0.410 e. The van der Waals surface area contributed by atoms with E-state index in [0.717, 1.165) is 0 Å². The molecule has 0 spiro atoms. The van der Waals surface area contributed by atoms with E-state index in [4.69, 9.17) is 13.9 Å². The van der Waals surface area contributed by atoms with Gasteiger partial charge in [-0.1, -0.05) is 18.7 Å². The summed E-state index contributed by atoms with van der Waals surface area (Å²) in [5, 5.41) is 12.0. The van der Waals surface area contributed by atoms with Crippen LogP contribution < -0.4 is 5.11 Å². The Balaban J connectivity index is 1.83. The van der Waals surface area contributed by atoms with Crippen LogP contribution in [0.1, 0.15) is 20.3 Å². The lowest BCUT2D eigenvalue weighted by Gasteiger charge is -2.47. The molecule has 0 aromatic heterocycles. The molecule has 0 aliphatic carbocycles. The van der Waals surface area contributed by atoms with Gasteiger partial charge in [-0.15, -0.1) is 0 Å². The molecule has 0 saturated carbocycles. The van der Waals surface area contributed by atoms with Crippen molar-refractivity contribution in [3.63, 3.8) is 0 Å². The predicted octanol–water partition coefficient (Wildman–Crippen LogP) is 1.43. The van der Waals surface area contributed by atoms with Crippen LogP contribution in [0.3, 0.4) is 0 Å². The monoisotopic (exact) mass is 477 g/mol. The fraction of sp³-hybridized carbons (Fsp3) is 0.609. The number of hydrogen-bond donors (Lipinski definition) is 0. The number of carbonyl (C=O) groups excluding carboxylic acids is 3. The van der Waals surface area contributed by atoms with Gasteiger partial charge in [0.2, 0.25) is 5.91 Å². The molecule has 3 heterocycles. The Morgan fingerprint density at radius 2 is 2.06 bits per heavy atom. The van der Waals surface area contributed by atoms with E-state index >= 15 is 0 Å². The molecule has 2 amide bonds. The molecular weight excluding hydrogens is 444 g/mol. The SMILES string of the molecule is C=CCOC(=O)N1CCOC[C@H]1/C=C(\C)C1=C(C(=O)[O-])N2C(=O)[C@H]([C@@H](C)O[Si](C)(C)C)[C@H]2C1. The molecule has 3 aliphatic rings. The van der Waals surface area contributed by atoms with Crippen molar-refractivity contribution in [1.82, 2.24) is 9.80 Å². The summed E-state index contributed by atoms with van der Waals surface area (Å²) < 4.78 is 16.8. The molecule has 0 unspecified atom stereocenters. The zero-order valence-corrected chi connectivity index (χ0v) is 21.0. The number of ether oxygens (including phenoxy) is 2. The van der Waals surface area contributed by atoms with Crippen molar-refractivity contribution < 1.29 is 33.4 Å². The zero-order chi connectivity index (χ0) is 24.5. The Hall–Kier alpha value is -2.43. The quantitative estimate of drug-likeness (QED) is 0.296. The number of rotatable bonds is 8. The highest BCUT2D eigenvalue weighted by Gasteiger charge is 2.56. The van der Waals surface area contributed by atoms with E-state index in [2.05, 4.69) is 26.2 Å². The molecule has 0 bridgehead atoms. The molecule has 0 radical (unpaired) electrons. The van der Waals surface area contributed by atoms with Crippen LogP contribution in [0, 0.1) is 5.92 Å². The van der Waals surface area contributed by atoms with Crippen molar-refractivity contribution >= 4 is 26.3 Å². The van der Waals surface area contributed by atoms with Crippen molar-refractivity contribution in [2.24, 2.45) is 5.92 Å². The molecule has 3 rings (SSSR count). The van der Waals surface area contributed by atoms with Gasteiger partial charge in [0.25, 0.3) is 0 Å². The number of carboxylic acid groups (broad SMARTS) is 1. The van der Waals surface area contributed by atoms with Gasteiger partial charge in [-0.2, -0.15) is 0 Å². The summed E-state index contributed by atoms with van der Waals surface area (Å²) in [5.41, 5.74) is 1.12. The van der Waals surface area contributed by atoms with Crippen LogP contribution in [-0.2, 0) is 23.5 Å². The van der Waals surface area contributed by atoms with Gasteiger partial charge in [0.05, 0.1) is 49.0 Å². The molecular formula is C23H33N2O7Si-. The average molecular weight is 478 g/mol. The standard InChI is InChI=1S/C23H34N2O7Si/c1-7-9-31-23(29)24-8-10-30-13-16(24)11-14(2)17-12-18-19(15(3)32-33(4,5)6)21(26)25(18)20(17)22(27)28/h7,11,15-16,18-19H,1,8-10,12-13H2,2-6H3,(H,27,28)/p-1/b14-11+/t15-,16-,18-,19-/m1/s1. The first kappa shape index (κ1) is 25.2. The number of β-lactam (4-membered cyclic amide) rings is 1. The van der Waals surface area contributed by atoms with Crippen molar-refractivity contribution in [2.75, 3.05) is 26.4 Å². The van der Waals surface area contributed by atoms with E-state index < -0.39 is 26.4 Å². The number of aliphatic carboxylic acids is 1. The Bertz CT molecular complexity index is 892. The third-order valence-corrected chi connectivity index (χ3v) is 7.17. The highest BCUT2D eigenvalue weighted by molar-refractivity contribution is 6.69. The van der Waals surface area contributed by atoms with E-state index in [1.165, 1.54) is 11.0 Å². The van der Waals surface area contributed by atoms with Crippen LogP contribution in [0.4, 0.5) is 4.79 Å². The third kappa shape index (κ3) is 5.23. The van der Waals surface area contributed by atoms with Gasteiger partial charge in [-0.05, 0) is 51.1 Å². The van der Waals surface area contributed by atoms with Crippen molar-refractivity contribution in [3.8, 4) is 0 Å². The average Bonchev–Trinajstić information content (AvgIpc) is 3.06. The molecule has 3 aliphatic heterocycles. The molecule has 0 aromatic rings. The normalized spacial score (nSPS) is 26.6. The molecule has 2 fully saturated rings. The van der Waals surface area contributed by atoms with Crippen LogP contribution >= 0.6 is 0 Å². The molecule has 182 valence electrons. The van der Waals surface area contributed by atoms with E-state index in [1.807, 2.05) is 6.92 Å². The second-order valence-electron chi connectivity index (χ2n) is 9.61. The number of hydrogen-bond acceptors (Lipinski definition) is 7. The molecule has 0 aromatic carbocycles. The van der Waals surface area contributed by atoms with E-state index in [9.17, 15) is 19.5 Å². The van der Waals surface area contributed by atoms with Gasteiger partial charge in [0, 0.05) is 6.54 Å². The summed E-state index contributed by atoms with van der Waals surface area (Å²) in [6, 6.07) is -0.688. The van der Waals surface area contributed by atoms with Gasteiger partial charge in [-0.3, -0.25) is 9.69 Å². The minimum absolute atomic E-state index is 0.0901. The highest BCUT2D eigenvalue weighted by Crippen LogP contribution is 2.46. The first-order valence-corrected chi connectivity index (χ1v) is 14.6. The fourth-order valence-corrected chi connectivity index (χ4v) is 6.08. The van der Waals surface area contributed by atoms with Crippen LogP contribution in [0.2, 0.25) is 19.6 Å². The maximum atomic E-state index is 12.9. The Kier molecular flexibility index (Phi) is 7.50. The topological polar surface area (TPSA) is 108 Å². The predicted molar refractivity (Wildman–Crippen MR) is 121 cm³/mol. The summed E-state index contributed by atoms with van der Waals surface area (Å²) in [7, 11) is -1.87. The van der Waals surface area contributed by atoms with Crippen LogP contribution in [0.5, 0.6) is 0 Å². The van der Waals surface area contributed by atoms with Crippen molar-refractivity contribution in [1.29, 1.82) is 0 Å². The summed E-state index contributed by atoms with van der Waals surface area (Å²) in [6.45, 7) is 14.5. The zero-order valence-electron chi connectivity index (χ0n) is 20.0. The number of fused-ring (bicyclic) bond motifs is 1. The first-order valence-electron chi connectivity index (χ1n) is 11.2. The number of carbonyl (C=O) groups is 3. The summed E-state index contributed by atoms with van der Waals surface area (Å²) >= 11 is 0. The molecule has 0 N–H and O–H groups in total. The van der Waals surface area contributed by atoms with Gasteiger partial charge in [0.15, 0.2) is 8.32 Å². The highest BCUT2D eigenvalue weighted by atomic mass is 28.4. The van der Waals surface area contributed by atoms with E-state index in [0.29, 0.717) is 30.7 Å². The largest absolute Gasteiger partial charge is 0.543 e. The number of morpholine rings is 1. The molecule has 33 heavy (non-hydrogen) atoms. The third-order valence-electron chi connectivity index (χ3n) is 6.09. The molecule has 4 atom stereocenters. The number of carboxylic acids is 1. The van der Waals surface area contributed by atoms with Gasteiger partial charge in [-0.25, -0.2) is 4.79 Å². The number of amides is 2. The lowest BCUT2D eigenvalue weighted by Crippen LogP contribution is -2.63. The molecule has 2 saturated heterocycles. The number of allylic oxidation sites excluding steroid dienone is 1. The lowest BCUT2D eigenvalue weighted by molar-refractivity contribution is -0.301. The van der Waals surface area contributed by atoms with Crippen molar-refractivity contribution in [3.05, 3.63) is 35.6 Å². The second-order valence-corrected chi connectivity index (χ2v) is 14.1. The Morgan fingerprint density at radius 3 is 2.67 bits per heavy atom. The fourth-order valence-electron chi connectivity index (χ4n) is 4.82. The second kappa shape index (κ2) is 9.82. The van der Waals surface area contributed by atoms with E-state index in [1.54, 1.807) is 17.9 Å². The minimum Gasteiger partial charge on any atom is -0.543 e. The van der Waals surface area contributed by atoms with Gasteiger partial charge >= 0.3 is 6.09 Å². The van der Waals surface area contributed by atoms with E-state index in [-0.39, 0.29) is 42.9 Å². The lowest BCUT2D eigenvalue weighted by atomic mass is 9.82. The minimum atomic E-state index is -1.87. The summed E-state index contributed by atoms with van der Waals surface area (Å²) in [4.78, 5) is 40.2. The van der Waals surface area contributed by atoms with Crippen molar-refractivity contribution in [2.45, 2.75) is 58.1 Å². The summed E-state index contributed by atoms with van der Waals surface area (Å²) in [5.74, 6) is -2.02. The maximum absolute atomic E-state index is 12.9. The van der Waals surface area contributed by atoms with Crippen LogP contribution in [0.15, 0.2) is 35.6 Å². The molecule has 10 heteroatoms. The number of nitrogens with zero attached hydrogens (tertiary/aromatic N) is 2. The first-order chi connectivity index (χ1) is 15.5. The Labute approximate surface area is 195 Å². The van der Waals surface area contributed by atoms with Gasteiger partial charge in [0.1, 0.15) is 6.61 Å². The molecule has 9 nitrogen and oxygen atoms in total.